The van der Waals surface area contributed by atoms with E-state index >= 15 is 0 Å². The first-order chi connectivity index (χ1) is 11.9. The molecule has 0 aliphatic heterocycles. The fourth-order valence-electron chi connectivity index (χ4n) is 2.39. The molecule has 132 valence electrons. The number of para-hydroxylation sites is 1. The van der Waals surface area contributed by atoms with E-state index in [0.29, 0.717) is 5.56 Å². The van der Waals surface area contributed by atoms with Crippen LogP contribution >= 0.6 is 0 Å². The zero-order chi connectivity index (χ0) is 18.4. The van der Waals surface area contributed by atoms with Crippen molar-refractivity contribution in [1.29, 1.82) is 0 Å². The van der Waals surface area contributed by atoms with Crippen molar-refractivity contribution >= 4 is 11.7 Å². The summed E-state index contributed by atoms with van der Waals surface area (Å²) >= 11 is 0. The zero-order valence-corrected chi connectivity index (χ0v) is 13.3. The minimum Gasteiger partial charge on any atom is -0.508 e. The van der Waals surface area contributed by atoms with E-state index in [1.165, 1.54) is 6.07 Å². The fraction of sp³-hybridized carbons (Fsp3) is 0.235. The Hall–Kier alpha value is -3.00. The molecule has 0 saturated heterocycles. The van der Waals surface area contributed by atoms with Crippen LogP contribution in [0.3, 0.4) is 0 Å². The van der Waals surface area contributed by atoms with Gasteiger partial charge in [-0.1, -0.05) is 18.2 Å². The van der Waals surface area contributed by atoms with Gasteiger partial charge in [-0.3, -0.25) is 19.8 Å². The van der Waals surface area contributed by atoms with Gasteiger partial charge in [-0.15, -0.1) is 0 Å². The van der Waals surface area contributed by atoms with Crippen LogP contribution in [0.1, 0.15) is 17.5 Å². The Morgan fingerprint density at radius 2 is 1.84 bits per heavy atom. The van der Waals surface area contributed by atoms with E-state index in [-0.39, 0.29) is 43.1 Å². The van der Waals surface area contributed by atoms with Crippen molar-refractivity contribution in [2.24, 2.45) is 0 Å². The monoisotopic (exact) mass is 348 g/mol. The first-order valence-corrected chi connectivity index (χ1v) is 7.50. The molecule has 0 heterocycles. The molecule has 0 aromatic heterocycles. The molecule has 0 radical (unpaired) electrons. The molecule has 0 atom stereocenters. The molecular formula is C17H17FN2O5. The minimum absolute atomic E-state index is 0.0187. The summed E-state index contributed by atoms with van der Waals surface area (Å²) in [6.07, 6.45) is -0.176. The molecule has 0 aliphatic rings. The van der Waals surface area contributed by atoms with E-state index < -0.39 is 16.7 Å². The number of aliphatic carboxylic acids is 1. The SMILES string of the molecule is O=C(O)CCN(Cc1ccccc1O)Cc1cc([N+](=O)[O-])ccc1F. The number of halogens is 1. The quantitative estimate of drug-likeness (QED) is 0.561. The van der Waals surface area contributed by atoms with Crippen molar-refractivity contribution in [3.05, 3.63) is 69.5 Å². The lowest BCUT2D eigenvalue weighted by molar-refractivity contribution is -0.385. The number of rotatable bonds is 8. The number of carboxylic acid groups (broad SMARTS) is 1. The molecule has 25 heavy (non-hydrogen) atoms. The summed E-state index contributed by atoms with van der Waals surface area (Å²) in [6.45, 7) is 0.267. The van der Waals surface area contributed by atoms with Crippen LogP contribution in [0.5, 0.6) is 5.75 Å². The van der Waals surface area contributed by atoms with Gasteiger partial charge in [0.15, 0.2) is 0 Å². The highest BCUT2D eigenvalue weighted by atomic mass is 19.1. The number of hydrogen-bond acceptors (Lipinski definition) is 5. The number of aromatic hydroxyl groups is 1. The number of hydrogen-bond donors (Lipinski definition) is 2. The maximum atomic E-state index is 14.0. The predicted molar refractivity (Wildman–Crippen MR) is 87.5 cm³/mol. The largest absolute Gasteiger partial charge is 0.508 e. The molecule has 0 bridgehead atoms. The van der Waals surface area contributed by atoms with Gasteiger partial charge in [-0.2, -0.15) is 0 Å². The number of nitro groups is 1. The highest BCUT2D eigenvalue weighted by molar-refractivity contribution is 5.66. The number of phenolic OH excluding ortho intramolecular Hbond substituents is 1. The first-order valence-electron chi connectivity index (χ1n) is 7.50. The van der Waals surface area contributed by atoms with Crippen LogP contribution in [0, 0.1) is 15.9 Å². The number of nitrogens with zero attached hydrogens (tertiary/aromatic N) is 2. The van der Waals surface area contributed by atoms with Gasteiger partial charge in [-0.25, -0.2) is 4.39 Å². The second-order valence-corrected chi connectivity index (χ2v) is 5.52. The summed E-state index contributed by atoms with van der Waals surface area (Å²) < 4.78 is 14.0. The van der Waals surface area contributed by atoms with Crippen molar-refractivity contribution in [2.75, 3.05) is 6.54 Å². The van der Waals surface area contributed by atoms with Gasteiger partial charge in [0.2, 0.25) is 0 Å². The second-order valence-electron chi connectivity index (χ2n) is 5.52. The summed E-state index contributed by atoms with van der Waals surface area (Å²) in [5, 5.41) is 29.6. The average Bonchev–Trinajstić information content (AvgIpc) is 2.56. The van der Waals surface area contributed by atoms with Crippen molar-refractivity contribution in [2.45, 2.75) is 19.5 Å². The van der Waals surface area contributed by atoms with Crippen LogP contribution in [-0.4, -0.2) is 32.6 Å². The maximum absolute atomic E-state index is 14.0. The smallest absolute Gasteiger partial charge is 0.304 e. The van der Waals surface area contributed by atoms with Crippen molar-refractivity contribution in [3.63, 3.8) is 0 Å². The Kier molecular flexibility index (Phi) is 6.02. The van der Waals surface area contributed by atoms with E-state index in [1.807, 2.05) is 0 Å². The number of carboxylic acids is 1. The van der Waals surface area contributed by atoms with Gasteiger partial charge in [0.25, 0.3) is 5.69 Å². The molecule has 2 aromatic carbocycles. The molecule has 0 spiro atoms. The Balaban J connectivity index is 2.24. The molecule has 2 N–H and O–H groups in total. The normalized spacial score (nSPS) is 10.8. The number of non-ortho nitro benzene ring substituents is 1. The average molecular weight is 348 g/mol. The van der Waals surface area contributed by atoms with Gasteiger partial charge in [0.05, 0.1) is 11.3 Å². The van der Waals surface area contributed by atoms with E-state index in [1.54, 1.807) is 23.1 Å². The Bertz CT molecular complexity index is 781. The third-order valence-electron chi connectivity index (χ3n) is 3.66. The maximum Gasteiger partial charge on any atom is 0.304 e. The summed E-state index contributed by atoms with van der Waals surface area (Å²) in [5.41, 5.74) is 0.408. The van der Waals surface area contributed by atoms with E-state index in [0.717, 1.165) is 18.2 Å². The lowest BCUT2D eigenvalue weighted by Crippen LogP contribution is -2.26. The summed E-state index contributed by atoms with van der Waals surface area (Å²) in [6, 6.07) is 9.77. The molecule has 0 fully saturated rings. The second kappa shape index (κ2) is 8.20. The van der Waals surface area contributed by atoms with Gasteiger partial charge < -0.3 is 10.2 Å². The summed E-state index contributed by atoms with van der Waals surface area (Å²) in [7, 11) is 0. The zero-order valence-electron chi connectivity index (χ0n) is 13.3. The minimum atomic E-state index is -1.01. The van der Waals surface area contributed by atoms with Gasteiger partial charge in [0.1, 0.15) is 11.6 Å². The molecule has 7 nitrogen and oxygen atoms in total. The van der Waals surface area contributed by atoms with Gasteiger partial charge >= 0.3 is 5.97 Å². The molecule has 0 aliphatic carbocycles. The van der Waals surface area contributed by atoms with Crippen molar-refractivity contribution in [1.82, 2.24) is 4.90 Å². The molecule has 8 heteroatoms. The Morgan fingerprint density at radius 3 is 2.48 bits per heavy atom. The van der Waals surface area contributed by atoms with Crippen LogP contribution in [0.4, 0.5) is 10.1 Å². The highest BCUT2D eigenvalue weighted by Gasteiger charge is 2.16. The number of nitro benzene ring substituents is 1. The van der Waals surface area contributed by atoms with Crippen molar-refractivity contribution in [3.8, 4) is 5.75 Å². The van der Waals surface area contributed by atoms with E-state index in [2.05, 4.69) is 0 Å². The van der Waals surface area contributed by atoms with Gasteiger partial charge in [0, 0.05) is 42.9 Å². The Labute approximate surface area is 143 Å². The molecular weight excluding hydrogens is 331 g/mol. The molecule has 0 amide bonds. The van der Waals surface area contributed by atoms with E-state index in [4.69, 9.17) is 5.11 Å². The summed E-state index contributed by atoms with van der Waals surface area (Å²) in [4.78, 5) is 22.7. The fourth-order valence-corrected chi connectivity index (χ4v) is 2.39. The van der Waals surface area contributed by atoms with Gasteiger partial charge in [-0.05, 0) is 12.1 Å². The molecule has 2 aromatic rings. The highest BCUT2D eigenvalue weighted by Crippen LogP contribution is 2.22. The lowest BCUT2D eigenvalue weighted by atomic mass is 10.1. The standard InChI is InChI=1S/C17H17FN2O5/c18-15-6-5-14(20(24)25)9-13(15)11-19(8-7-17(22)23)10-12-3-1-2-4-16(12)21/h1-6,9,21H,7-8,10-11H2,(H,22,23). The third-order valence-corrected chi connectivity index (χ3v) is 3.66. The molecule has 0 saturated carbocycles. The lowest BCUT2D eigenvalue weighted by Gasteiger charge is -2.22. The van der Waals surface area contributed by atoms with Crippen LogP contribution in [-0.2, 0) is 17.9 Å². The van der Waals surface area contributed by atoms with Crippen LogP contribution < -0.4 is 0 Å². The topological polar surface area (TPSA) is 104 Å². The number of carbonyl (C=O) groups is 1. The first kappa shape index (κ1) is 18.3. The van der Waals surface area contributed by atoms with Crippen LogP contribution in [0.2, 0.25) is 0 Å². The molecule has 0 unspecified atom stereocenters. The Morgan fingerprint density at radius 1 is 1.16 bits per heavy atom. The molecule has 2 rings (SSSR count). The van der Waals surface area contributed by atoms with E-state index in [9.17, 15) is 24.4 Å². The van der Waals surface area contributed by atoms with Crippen molar-refractivity contribution < 1.29 is 24.3 Å². The third kappa shape index (κ3) is 5.25. The number of benzene rings is 2. The number of phenols is 1. The van der Waals surface area contributed by atoms with Crippen LogP contribution in [0.25, 0.3) is 0 Å². The summed E-state index contributed by atoms with van der Waals surface area (Å²) in [5.74, 6) is -1.58. The predicted octanol–water partition coefficient (Wildman–Crippen LogP) is 2.92. The van der Waals surface area contributed by atoms with Crippen LogP contribution in [0.15, 0.2) is 42.5 Å².